The van der Waals surface area contributed by atoms with Crippen molar-refractivity contribution in [1.82, 2.24) is 25.0 Å². The number of ether oxygens (including phenoxy) is 1. The first-order chi connectivity index (χ1) is 26.1. The van der Waals surface area contributed by atoms with E-state index < -0.39 is 17.4 Å². The van der Waals surface area contributed by atoms with Crippen LogP contribution in [-0.2, 0) is 15.7 Å². The second-order valence-electron chi connectivity index (χ2n) is 14.7. The second-order valence-corrected chi connectivity index (χ2v) is 15.5. The summed E-state index contributed by atoms with van der Waals surface area (Å²) in [6.07, 6.45) is 9.20. The molecule has 15 heteroatoms. The predicted octanol–water partition coefficient (Wildman–Crippen LogP) is 6.56. The molecule has 13 nitrogen and oxygen atoms in total. The summed E-state index contributed by atoms with van der Waals surface area (Å²) in [7, 11) is 1.56. The Bertz CT molecular complexity index is 1930. The lowest BCUT2D eigenvalue weighted by molar-refractivity contribution is -0.143. The molecule has 3 aromatic rings. The summed E-state index contributed by atoms with van der Waals surface area (Å²) in [5.74, 6) is -1.06. The SMILES string of the molecule is COc1ccc(C2C=NN=N2)cc1C(=O)N1CCC(CCN2CCC(NC(=O)N3CCCC(C(=O)O)C3)(c3ccncc3)CC2)(c2ccc(Cl)c(Cl)c2)C1. The highest BCUT2D eigenvalue weighted by atomic mass is 35.5. The average Bonchev–Trinajstić information content (AvgIpc) is 3.91. The smallest absolute Gasteiger partial charge is 0.318 e. The molecule has 0 spiro atoms. The Morgan fingerprint density at radius 3 is 2.44 bits per heavy atom. The molecule has 0 saturated carbocycles. The maximum absolute atomic E-state index is 14.2. The molecule has 1 aromatic heterocycles. The highest BCUT2D eigenvalue weighted by Crippen LogP contribution is 2.42. The van der Waals surface area contributed by atoms with E-state index in [-0.39, 0.29) is 29.9 Å². The maximum Gasteiger partial charge on any atom is 0.318 e. The number of benzene rings is 2. The first-order valence-corrected chi connectivity index (χ1v) is 19.1. The summed E-state index contributed by atoms with van der Waals surface area (Å²) in [6.45, 7) is 3.99. The van der Waals surface area contributed by atoms with Gasteiger partial charge in [0, 0.05) is 57.1 Å². The van der Waals surface area contributed by atoms with Crippen molar-refractivity contribution in [2.45, 2.75) is 55.5 Å². The van der Waals surface area contributed by atoms with Crippen LogP contribution in [0.3, 0.4) is 0 Å². The van der Waals surface area contributed by atoms with Gasteiger partial charge in [-0.05, 0) is 103 Å². The van der Waals surface area contributed by atoms with Gasteiger partial charge >= 0.3 is 12.0 Å². The van der Waals surface area contributed by atoms with Crippen molar-refractivity contribution >= 4 is 47.3 Å². The second kappa shape index (κ2) is 16.0. The third kappa shape index (κ3) is 7.80. The summed E-state index contributed by atoms with van der Waals surface area (Å²) < 4.78 is 5.63. The number of aliphatic carboxylic acids is 1. The van der Waals surface area contributed by atoms with E-state index in [0.29, 0.717) is 66.7 Å². The number of hydrogen-bond donors (Lipinski definition) is 2. The van der Waals surface area contributed by atoms with Gasteiger partial charge in [0.05, 0.1) is 40.4 Å². The van der Waals surface area contributed by atoms with Crippen LogP contribution in [0.2, 0.25) is 10.0 Å². The van der Waals surface area contributed by atoms with Gasteiger partial charge in [-0.1, -0.05) is 35.3 Å². The molecule has 54 heavy (non-hydrogen) atoms. The van der Waals surface area contributed by atoms with Gasteiger partial charge in [0.25, 0.3) is 5.91 Å². The largest absolute Gasteiger partial charge is 0.496 e. The van der Waals surface area contributed by atoms with Crippen LogP contribution in [0.4, 0.5) is 4.79 Å². The summed E-state index contributed by atoms with van der Waals surface area (Å²) in [6, 6.07) is 14.6. The molecular formula is C39H44Cl2N8O5. The van der Waals surface area contributed by atoms with Crippen molar-refractivity contribution < 1.29 is 24.2 Å². The van der Waals surface area contributed by atoms with E-state index in [4.69, 9.17) is 27.9 Å². The fourth-order valence-corrected chi connectivity index (χ4v) is 8.70. The number of amides is 3. The molecular weight excluding hydrogens is 731 g/mol. The molecule has 0 aliphatic carbocycles. The first-order valence-electron chi connectivity index (χ1n) is 18.4. The molecule has 2 aromatic carbocycles. The summed E-state index contributed by atoms with van der Waals surface area (Å²) >= 11 is 13.0. The number of methoxy groups -OCH3 is 1. The minimum absolute atomic E-state index is 0.123. The molecule has 2 N–H and O–H groups in total. The van der Waals surface area contributed by atoms with Crippen molar-refractivity contribution in [2.24, 2.45) is 21.4 Å². The molecule has 0 radical (unpaired) electrons. The van der Waals surface area contributed by atoms with E-state index in [1.54, 1.807) is 36.7 Å². The number of carboxylic acids is 1. The molecule has 3 amide bonds. The van der Waals surface area contributed by atoms with Gasteiger partial charge in [-0.3, -0.25) is 14.6 Å². The third-order valence-electron chi connectivity index (χ3n) is 11.7. The van der Waals surface area contributed by atoms with Crippen LogP contribution in [0.25, 0.3) is 0 Å². The van der Waals surface area contributed by atoms with Gasteiger partial charge in [-0.15, -0.1) is 5.10 Å². The Morgan fingerprint density at radius 1 is 0.944 bits per heavy atom. The highest BCUT2D eigenvalue weighted by molar-refractivity contribution is 6.42. The van der Waals surface area contributed by atoms with E-state index in [0.717, 1.165) is 49.2 Å². The van der Waals surface area contributed by atoms with E-state index >= 15 is 0 Å². The molecule has 284 valence electrons. The number of carboxylic acid groups (broad SMARTS) is 1. The number of hydrogen-bond acceptors (Lipinski definition) is 9. The Kier molecular flexibility index (Phi) is 11.2. The van der Waals surface area contributed by atoms with Crippen LogP contribution in [0, 0.1) is 5.92 Å². The van der Waals surface area contributed by atoms with Crippen molar-refractivity contribution in [1.29, 1.82) is 0 Å². The topological polar surface area (TPSA) is 152 Å². The number of nitrogens with one attached hydrogen (secondary N) is 1. The van der Waals surface area contributed by atoms with Crippen molar-refractivity contribution in [2.75, 3.05) is 52.9 Å². The van der Waals surface area contributed by atoms with Gasteiger partial charge in [-0.25, -0.2) is 4.79 Å². The Labute approximate surface area is 324 Å². The van der Waals surface area contributed by atoms with E-state index in [1.807, 2.05) is 47.4 Å². The fourth-order valence-electron chi connectivity index (χ4n) is 8.40. The highest BCUT2D eigenvalue weighted by Gasteiger charge is 2.44. The van der Waals surface area contributed by atoms with Crippen LogP contribution < -0.4 is 10.1 Å². The number of aromatic nitrogens is 1. The van der Waals surface area contributed by atoms with Crippen LogP contribution in [0.5, 0.6) is 5.75 Å². The molecule has 4 aliphatic heterocycles. The average molecular weight is 776 g/mol. The minimum atomic E-state index is -0.866. The van der Waals surface area contributed by atoms with Crippen LogP contribution >= 0.6 is 23.2 Å². The molecule has 3 unspecified atom stereocenters. The number of carbonyl (C=O) groups excluding carboxylic acids is 2. The van der Waals surface area contributed by atoms with Gasteiger partial charge in [0.1, 0.15) is 11.8 Å². The lowest BCUT2D eigenvalue weighted by atomic mass is 9.76. The number of piperidine rings is 2. The zero-order valence-electron chi connectivity index (χ0n) is 30.2. The quantitative estimate of drug-likeness (QED) is 0.237. The van der Waals surface area contributed by atoms with Crippen molar-refractivity contribution in [3.63, 3.8) is 0 Å². The minimum Gasteiger partial charge on any atom is -0.496 e. The number of carbonyl (C=O) groups is 3. The number of nitrogens with zero attached hydrogens (tertiary/aromatic N) is 7. The molecule has 3 saturated heterocycles. The van der Waals surface area contributed by atoms with E-state index in [9.17, 15) is 19.5 Å². The molecule has 0 bridgehead atoms. The van der Waals surface area contributed by atoms with Crippen LogP contribution in [0.15, 0.2) is 76.4 Å². The molecule has 3 fully saturated rings. The molecule has 4 aliphatic rings. The zero-order valence-corrected chi connectivity index (χ0v) is 31.7. The molecule has 5 heterocycles. The van der Waals surface area contributed by atoms with Gasteiger partial charge in [0.2, 0.25) is 0 Å². The Morgan fingerprint density at radius 2 is 1.74 bits per heavy atom. The maximum atomic E-state index is 14.2. The predicted molar refractivity (Wildman–Crippen MR) is 204 cm³/mol. The zero-order chi connectivity index (χ0) is 37.9. The van der Waals surface area contributed by atoms with Crippen molar-refractivity contribution in [3.05, 3.63) is 93.2 Å². The summed E-state index contributed by atoms with van der Waals surface area (Å²) in [5, 5.41) is 25.6. The number of urea groups is 1. The standard InChI is InChI=1S/C39H44Cl2N8O5/c1-54-34-7-4-26(33-23-43-46-45-33)21-30(34)35(50)49-20-11-38(25-49,29-5-6-31(40)32(41)22-29)10-17-47-18-12-39(13-19-47,28-8-14-42-15-9-28)44-37(53)48-16-2-3-27(24-48)36(51)52/h4-9,14-15,21-23,27,33H,2-3,10-13,16-20,24-25H2,1H3,(H,44,53)(H,51,52). The normalized spacial score (nSPS) is 23.8. The molecule has 3 atom stereocenters. The number of rotatable bonds is 10. The summed E-state index contributed by atoms with van der Waals surface area (Å²) in [4.78, 5) is 49.8. The molecule has 7 rings (SSSR count). The van der Waals surface area contributed by atoms with E-state index in [2.05, 4.69) is 30.6 Å². The number of pyridine rings is 1. The fraction of sp³-hybridized carbons (Fsp3) is 0.462. The Balaban J connectivity index is 1.08. The lowest BCUT2D eigenvalue weighted by Gasteiger charge is -2.45. The van der Waals surface area contributed by atoms with Crippen LogP contribution in [-0.4, -0.2) is 102 Å². The number of likely N-dealkylation sites (tertiary alicyclic amines) is 3. The monoisotopic (exact) mass is 774 g/mol. The lowest BCUT2D eigenvalue weighted by Crippen LogP contribution is -2.57. The van der Waals surface area contributed by atoms with Crippen molar-refractivity contribution in [3.8, 4) is 5.75 Å². The first kappa shape index (κ1) is 37.7. The van der Waals surface area contributed by atoms with E-state index in [1.165, 1.54) is 0 Å². The van der Waals surface area contributed by atoms with Gasteiger partial charge < -0.3 is 29.9 Å². The third-order valence-corrected chi connectivity index (χ3v) is 12.4. The van der Waals surface area contributed by atoms with Crippen LogP contribution in [0.1, 0.15) is 71.6 Å². The Hall–Kier alpha value is -4.59. The van der Waals surface area contributed by atoms with Gasteiger partial charge in [-0.2, -0.15) is 5.11 Å². The van der Waals surface area contributed by atoms with Gasteiger partial charge in [0.15, 0.2) is 0 Å². The number of halogens is 2. The summed E-state index contributed by atoms with van der Waals surface area (Å²) in [5.41, 5.74) is 2.28.